The maximum Gasteiger partial charge on any atom is 0.0812 e. The van der Waals surface area contributed by atoms with Crippen LogP contribution in [0.4, 0.5) is 0 Å². The van der Waals surface area contributed by atoms with Gasteiger partial charge in [0.05, 0.1) is 6.10 Å². The molecule has 3 heteroatoms. The third-order valence-corrected chi connectivity index (χ3v) is 5.12. The van der Waals surface area contributed by atoms with Crippen molar-refractivity contribution in [2.45, 2.75) is 59.1 Å². The van der Waals surface area contributed by atoms with Gasteiger partial charge >= 0.3 is 0 Å². The van der Waals surface area contributed by atoms with E-state index >= 15 is 0 Å². The van der Waals surface area contributed by atoms with E-state index in [2.05, 4.69) is 37.6 Å². The Kier molecular flexibility index (Phi) is 3.46. The van der Waals surface area contributed by atoms with E-state index in [0.717, 1.165) is 51.0 Å². The van der Waals surface area contributed by atoms with Crippen LogP contribution >= 0.6 is 0 Å². The van der Waals surface area contributed by atoms with Crippen molar-refractivity contribution >= 4 is 0 Å². The van der Waals surface area contributed by atoms with Gasteiger partial charge in [0.15, 0.2) is 0 Å². The lowest BCUT2D eigenvalue weighted by molar-refractivity contribution is 0.0145. The van der Waals surface area contributed by atoms with Crippen LogP contribution in [0.2, 0.25) is 0 Å². The largest absolute Gasteiger partial charge is 0.388 e. The van der Waals surface area contributed by atoms with Crippen molar-refractivity contribution in [3.8, 4) is 0 Å². The van der Waals surface area contributed by atoms with Crippen molar-refractivity contribution in [2.75, 3.05) is 13.2 Å². The van der Waals surface area contributed by atoms with E-state index < -0.39 is 0 Å². The fourth-order valence-electron chi connectivity index (χ4n) is 3.77. The number of aromatic nitrogens is 1. The molecule has 2 aliphatic rings. The topological polar surface area (TPSA) is 34.4 Å². The molecule has 0 radical (unpaired) electrons. The lowest BCUT2D eigenvalue weighted by atomic mass is 9.75. The molecular weight excluding hydrogens is 250 g/mol. The molecule has 0 amide bonds. The summed E-state index contributed by atoms with van der Waals surface area (Å²) in [5.41, 5.74) is 3.03. The van der Waals surface area contributed by atoms with Gasteiger partial charge in [-0.05, 0) is 42.6 Å². The maximum absolute atomic E-state index is 10.3. The highest BCUT2D eigenvalue weighted by molar-refractivity contribution is 5.29. The molecule has 1 saturated heterocycles. The van der Waals surface area contributed by atoms with E-state index in [1.165, 1.54) is 5.69 Å². The Hall–Kier alpha value is -0.800. The number of aliphatic hydroxyl groups is 1. The van der Waals surface area contributed by atoms with Crippen molar-refractivity contribution in [2.24, 2.45) is 10.8 Å². The summed E-state index contributed by atoms with van der Waals surface area (Å²) in [6.07, 6.45) is 6.08. The van der Waals surface area contributed by atoms with Crippen LogP contribution < -0.4 is 0 Å². The van der Waals surface area contributed by atoms with E-state index in [1.54, 1.807) is 0 Å². The second kappa shape index (κ2) is 4.88. The Morgan fingerprint density at radius 1 is 1.30 bits per heavy atom. The molecule has 1 aliphatic carbocycles. The second-order valence-electron chi connectivity index (χ2n) is 7.83. The summed E-state index contributed by atoms with van der Waals surface area (Å²) < 4.78 is 7.89. The van der Waals surface area contributed by atoms with E-state index in [0.29, 0.717) is 5.41 Å². The van der Waals surface area contributed by atoms with Gasteiger partial charge in [0.1, 0.15) is 0 Å². The molecule has 1 fully saturated rings. The van der Waals surface area contributed by atoms with E-state index in [4.69, 9.17) is 4.74 Å². The van der Waals surface area contributed by atoms with Gasteiger partial charge < -0.3 is 14.4 Å². The number of hydrogen-bond donors (Lipinski definition) is 1. The van der Waals surface area contributed by atoms with Crippen molar-refractivity contribution in [3.05, 3.63) is 23.5 Å². The molecule has 2 heterocycles. The van der Waals surface area contributed by atoms with Crippen LogP contribution in [0.5, 0.6) is 0 Å². The SMILES string of the molecule is CC1(C)Cc2c(ccn2CC2(C)CCOCC2)C(O)C1. The highest BCUT2D eigenvalue weighted by atomic mass is 16.5. The van der Waals surface area contributed by atoms with Gasteiger partial charge in [-0.15, -0.1) is 0 Å². The number of aliphatic hydroxyl groups excluding tert-OH is 1. The Labute approximate surface area is 121 Å². The van der Waals surface area contributed by atoms with Crippen LogP contribution in [0, 0.1) is 10.8 Å². The third-order valence-electron chi connectivity index (χ3n) is 5.12. The lowest BCUT2D eigenvalue weighted by Crippen LogP contribution is -2.33. The predicted molar refractivity (Wildman–Crippen MR) is 79.7 cm³/mol. The molecular formula is C17H27NO2. The minimum Gasteiger partial charge on any atom is -0.388 e. The molecule has 0 bridgehead atoms. The first kappa shape index (κ1) is 14.2. The molecule has 20 heavy (non-hydrogen) atoms. The minimum atomic E-state index is -0.294. The molecule has 3 rings (SSSR count). The summed E-state index contributed by atoms with van der Waals surface area (Å²) in [5, 5.41) is 10.3. The van der Waals surface area contributed by atoms with Crippen molar-refractivity contribution < 1.29 is 9.84 Å². The standard InChI is InChI=1S/C17H27NO2/c1-16(2)10-14-13(15(19)11-16)4-7-18(14)12-17(3)5-8-20-9-6-17/h4,7,15,19H,5-6,8-12H2,1-3H3. The quantitative estimate of drug-likeness (QED) is 0.900. The summed E-state index contributed by atoms with van der Waals surface area (Å²) in [6, 6.07) is 2.12. The average molecular weight is 277 g/mol. The van der Waals surface area contributed by atoms with Gasteiger partial charge in [0.2, 0.25) is 0 Å². The molecule has 1 N–H and O–H groups in total. The van der Waals surface area contributed by atoms with Gasteiger partial charge in [-0.25, -0.2) is 0 Å². The lowest BCUT2D eigenvalue weighted by Gasteiger charge is -2.37. The third kappa shape index (κ3) is 2.66. The molecule has 0 spiro atoms. The zero-order chi connectivity index (χ0) is 14.4. The van der Waals surface area contributed by atoms with E-state index in [-0.39, 0.29) is 11.5 Å². The molecule has 1 aromatic heterocycles. The Morgan fingerprint density at radius 2 is 2.00 bits per heavy atom. The fraction of sp³-hybridized carbons (Fsp3) is 0.765. The summed E-state index contributed by atoms with van der Waals surface area (Å²) >= 11 is 0. The monoisotopic (exact) mass is 277 g/mol. The Morgan fingerprint density at radius 3 is 2.70 bits per heavy atom. The van der Waals surface area contributed by atoms with Crippen molar-refractivity contribution in [1.29, 1.82) is 0 Å². The highest BCUT2D eigenvalue weighted by Gasteiger charge is 2.35. The zero-order valence-corrected chi connectivity index (χ0v) is 13.0. The normalized spacial score (nSPS) is 28.1. The summed E-state index contributed by atoms with van der Waals surface area (Å²) in [7, 11) is 0. The first-order valence-corrected chi connectivity index (χ1v) is 7.82. The molecule has 112 valence electrons. The van der Waals surface area contributed by atoms with Crippen LogP contribution in [0.3, 0.4) is 0 Å². The number of nitrogens with zero attached hydrogens (tertiary/aromatic N) is 1. The number of ether oxygens (including phenoxy) is 1. The smallest absolute Gasteiger partial charge is 0.0812 e. The van der Waals surface area contributed by atoms with Crippen LogP contribution in [0.25, 0.3) is 0 Å². The Balaban J connectivity index is 1.85. The average Bonchev–Trinajstić information content (AvgIpc) is 2.71. The Bertz CT molecular complexity index is 483. The summed E-state index contributed by atoms with van der Waals surface area (Å²) in [4.78, 5) is 0. The van der Waals surface area contributed by atoms with Crippen LogP contribution in [-0.4, -0.2) is 22.9 Å². The molecule has 1 aromatic rings. The van der Waals surface area contributed by atoms with Gasteiger partial charge in [-0.3, -0.25) is 0 Å². The van der Waals surface area contributed by atoms with Crippen molar-refractivity contribution in [3.63, 3.8) is 0 Å². The zero-order valence-electron chi connectivity index (χ0n) is 13.0. The molecule has 1 unspecified atom stereocenters. The predicted octanol–water partition coefficient (Wildman–Crippen LogP) is 3.31. The van der Waals surface area contributed by atoms with Crippen LogP contribution in [-0.2, 0) is 17.7 Å². The van der Waals surface area contributed by atoms with Crippen LogP contribution in [0.1, 0.15) is 57.4 Å². The van der Waals surface area contributed by atoms with Gasteiger partial charge in [0, 0.05) is 37.2 Å². The van der Waals surface area contributed by atoms with Crippen molar-refractivity contribution in [1.82, 2.24) is 4.57 Å². The first-order valence-electron chi connectivity index (χ1n) is 7.82. The molecule has 1 aliphatic heterocycles. The number of rotatable bonds is 2. The molecule has 3 nitrogen and oxygen atoms in total. The molecule has 0 saturated carbocycles. The molecule has 1 atom stereocenters. The number of fused-ring (bicyclic) bond motifs is 1. The second-order valence-corrected chi connectivity index (χ2v) is 7.83. The van der Waals surface area contributed by atoms with Gasteiger partial charge in [-0.2, -0.15) is 0 Å². The highest BCUT2D eigenvalue weighted by Crippen LogP contribution is 2.42. The molecule has 0 aromatic carbocycles. The first-order chi connectivity index (χ1) is 9.39. The van der Waals surface area contributed by atoms with Gasteiger partial charge in [0.25, 0.3) is 0 Å². The fourth-order valence-corrected chi connectivity index (χ4v) is 3.77. The minimum absolute atomic E-state index is 0.194. The van der Waals surface area contributed by atoms with E-state index in [1.807, 2.05) is 0 Å². The summed E-state index contributed by atoms with van der Waals surface area (Å²) in [5.74, 6) is 0. The number of hydrogen-bond acceptors (Lipinski definition) is 2. The van der Waals surface area contributed by atoms with E-state index in [9.17, 15) is 5.11 Å². The summed E-state index contributed by atoms with van der Waals surface area (Å²) in [6.45, 7) is 9.70. The maximum atomic E-state index is 10.3. The van der Waals surface area contributed by atoms with Gasteiger partial charge in [-0.1, -0.05) is 20.8 Å². The van der Waals surface area contributed by atoms with Crippen LogP contribution in [0.15, 0.2) is 12.3 Å².